The van der Waals surface area contributed by atoms with E-state index in [0.717, 1.165) is 81.1 Å². The molecule has 3 aromatic heterocycles. The number of carbonyl (C=O) groups is 1. The molecule has 0 unspecified atom stereocenters. The molecular weight excluding hydrogens is 775 g/mol. The van der Waals surface area contributed by atoms with Gasteiger partial charge in [-0.2, -0.15) is 0 Å². The number of aliphatic hydroxyl groups is 1. The van der Waals surface area contributed by atoms with Crippen molar-refractivity contribution in [3.05, 3.63) is 89.6 Å². The molecule has 7 heteroatoms. The van der Waals surface area contributed by atoms with Crippen LogP contribution in [0.2, 0.25) is 0 Å². The number of rotatable bonds is 8. The number of aryl methyl sites for hydroxylation is 3. The molecule has 0 aliphatic heterocycles. The van der Waals surface area contributed by atoms with Crippen LogP contribution in [-0.2, 0) is 24.9 Å². The maximum absolute atomic E-state index is 12.2. The van der Waals surface area contributed by atoms with Gasteiger partial charge in [0.15, 0.2) is 5.78 Å². The maximum Gasteiger partial charge on any atom is 0.216 e. The van der Waals surface area contributed by atoms with Gasteiger partial charge in [0.25, 0.3) is 0 Å². The fraction of sp³-hybridized carbons (Fsp3) is 0.366. The third kappa shape index (κ3) is 6.81. The van der Waals surface area contributed by atoms with Crippen LogP contribution in [-0.4, -0.2) is 25.8 Å². The molecule has 3 heterocycles. The zero-order chi connectivity index (χ0) is 34.1. The zero-order valence-electron chi connectivity index (χ0n) is 29.5. The van der Waals surface area contributed by atoms with Gasteiger partial charge < -0.3 is 9.52 Å². The van der Waals surface area contributed by atoms with Gasteiger partial charge in [0.2, 0.25) is 5.71 Å². The number of hydrogen-bond donors (Lipinski definition) is 1. The van der Waals surface area contributed by atoms with Crippen LogP contribution in [0.3, 0.4) is 0 Å². The molecule has 0 aliphatic carbocycles. The fourth-order valence-electron chi connectivity index (χ4n) is 6.02. The average molecular weight is 821 g/mol. The predicted molar refractivity (Wildman–Crippen MR) is 194 cm³/mol. The number of hydrogen-bond acceptors (Lipinski definition) is 6. The molecule has 0 bridgehead atoms. The molecule has 1 radical (unpaired) electrons. The number of furan rings is 1. The van der Waals surface area contributed by atoms with Crippen molar-refractivity contribution in [2.24, 2.45) is 10.8 Å². The van der Waals surface area contributed by atoms with E-state index in [9.17, 15) is 9.90 Å². The van der Waals surface area contributed by atoms with E-state index in [1.165, 1.54) is 17.0 Å². The fourth-order valence-corrected chi connectivity index (χ4v) is 6.02. The van der Waals surface area contributed by atoms with Gasteiger partial charge in [0, 0.05) is 59.2 Å². The van der Waals surface area contributed by atoms with Crippen molar-refractivity contribution in [2.75, 3.05) is 0 Å². The molecule has 253 valence electrons. The summed E-state index contributed by atoms with van der Waals surface area (Å²) in [5.41, 5.74) is 5.56. The van der Waals surface area contributed by atoms with E-state index in [1.807, 2.05) is 73.6 Å². The number of aromatic nitrogens is 3. The molecule has 0 aliphatic rings. The van der Waals surface area contributed by atoms with Crippen molar-refractivity contribution < 1.29 is 34.4 Å². The first-order valence-electron chi connectivity index (χ1n) is 16.7. The molecule has 0 saturated heterocycles. The number of pyridine rings is 1. The number of nitrogens with zero attached hydrogens (tertiary/aromatic N) is 3. The number of benzene rings is 3. The molecule has 48 heavy (non-hydrogen) atoms. The molecular formula is C41H46IrN3O3-. The Hall–Kier alpha value is -3.93. The van der Waals surface area contributed by atoms with E-state index < -0.39 is 0 Å². The Morgan fingerprint density at radius 2 is 1.46 bits per heavy atom. The summed E-state index contributed by atoms with van der Waals surface area (Å²) in [6, 6.07) is 22.0. The van der Waals surface area contributed by atoms with Gasteiger partial charge in [-0.25, -0.2) is 9.97 Å². The van der Waals surface area contributed by atoms with Gasteiger partial charge >= 0.3 is 0 Å². The second-order valence-corrected chi connectivity index (χ2v) is 13.2. The summed E-state index contributed by atoms with van der Waals surface area (Å²) in [6.07, 6.45) is 4.75. The van der Waals surface area contributed by atoms with Crippen LogP contribution < -0.4 is 0 Å². The van der Waals surface area contributed by atoms with Crippen molar-refractivity contribution in [1.82, 2.24) is 15.0 Å². The summed E-state index contributed by atoms with van der Waals surface area (Å²) in [7, 11) is 0. The first-order valence-corrected chi connectivity index (χ1v) is 16.7. The Labute approximate surface area is 297 Å². The van der Waals surface area contributed by atoms with E-state index in [4.69, 9.17) is 14.4 Å². The largest absolute Gasteiger partial charge is 0.512 e. The SMILES string of the molecule is CCC(C)(CC)C(=O)/C=C(\O)C(C)(CC)CC.Cc1ccc2c(n1)oc1c(-c3nc(C)nc4c3cc(C)c3ccccc34)[c-]ccc12.[Ir]. The summed E-state index contributed by atoms with van der Waals surface area (Å²) in [5.74, 6) is 1.01. The monoisotopic (exact) mass is 821 g/mol. The van der Waals surface area contributed by atoms with E-state index in [2.05, 4.69) is 54.4 Å². The second kappa shape index (κ2) is 14.7. The second-order valence-electron chi connectivity index (χ2n) is 13.2. The van der Waals surface area contributed by atoms with Gasteiger partial charge in [-0.3, -0.25) is 9.78 Å². The van der Waals surface area contributed by atoms with Crippen molar-refractivity contribution in [3.8, 4) is 11.3 Å². The Bertz CT molecular complexity index is 2140. The molecule has 6 nitrogen and oxygen atoms in total. The van der Waals surface area contributed by atoms with Gasteiger partial charge in [-0.1, -0.05) is 82.8 Å². The molecule has 6 aromatic rings. The Morgan fingerprint density at radius 1 is 0.812 bits per heavy atom. The molecule has 0 fully saturated rings. The third-order valence-corrected chi connectivity index (χ3v) is 10.3. The average Bonchev–Trinajstić information content (AvgIpc) is 3.45. The molecule has 6 rings (SSSR count). The van der Waals surface area contributed by atoms with Crippen LogP contribution >= 0.6 is 0 Å². The molecule has 0 spiro atoms. The first-order chi connectivity index (χ1) is 22.4. The molecule has 0 atom stereocenters. The topological polar surface area (TPSA) is 89.1 Å². The molecule has 1 N–H and O–H groups in total. The number of carbonyl (C=O) groups excluding carboxylic acids is 1. The number of allylic oxidation sites excluding steroid dienone is 2. The number of aliphatic hydroxyl groups excluding tert-OH is 1. The van der Waals surface area contributed by atoms with Gasteiger partial charge in [-0.15, -0.1) is 18.2 Å². The van der Waals surface area contributed by atoms with Crippen molar-refractivity contribution in [1.29, 1.82) is 0 Å². The van der Waals surface area contributed by atoms with E-state index in [-0.39, 0.29) is 42.5 Å². The van der Waals surface area contributed by atoms with Gasteiger partial charge in [-0.05, 0) is 74.9 Å². The Morgan fingerprint density at radius 3 is 2.10 bits per heavy atom. The van der Waals surface area contributed by atoms with Crippen LogP contribution in [0, 0.1) is 37.7 Å². The van der Waals surface area contributed by atoms with E-state index in [1.54, 1.807) is 0 Å². The maximum atomic E-state index is 12.2. The molecule has 0 amide bonds. The van der Waals surface area contributed by atoms with Crippen LogP contribution in [0.5, 0.6) is 0 Å². The van der Waals surface area contributed by atoms with E-state index >= 15 is 0 Å². The Balaban J connectivity index is 0.000000251. The van der Waals surface area contributed by atoms with Crippen LogP contribution in [0.15, 0.2) is 70.8 Å². The third-order valence-electron chi connectivity index (χ3n) is 10.3. The normalized spacial score (nSPS) is 12.3. The summed E-state index contributed by atoms with van der Waals surface area (Å²) in [5, 5.41) is 15.5. The molecule has 3 aromatic carbocycles. The first kappa shape index (κ1) is 36.9. The minimum atomic E-state index is -0.337. The minimum absolute atomic E-state index is 0. The molecule has 0 saturated carbocycles. The van der Waals surface area contributed by atoms with Crippen molar-refractivity contribution in [3.63, 3.8) is 0 Å². The van der Waals surface area contributed by atoms with Crippen molar-refractivity contribution >= 4 is 49.5 Å². The summed E-state index contributed by atoms with van der Waals surface area (Å²) < 4.78 is 6.22. The summed E-state index contributed by atoms with van der Waals surface area (Å²) in [4.78, 5) is 26.4. The van der Waals surface area contributed by atoms with Gasteiger partial charge in [0.05, 0.1) is 11.1 Å². The minimum Gasteiger partial charge on any atom is -0.512 e. The quantitative estimate of drug-likeness (QED) is 0.0712. The predicted octanol–water partition coefficient (Wildman–Crippen LogP) is 11.1. The van der Waals surface area contributed by atoms with E-state index in [0.29, 0.717) is 5.71 Å². The number of fused-ring (bicyclic) bond motifs is 6. The van der Waals surface area contributed by atoms with Crippen LogP contribution in [0.1, 0.15) is 84.3 Å². The standard InChI is InChI=1S/C26H18N3O.C15H28O2.Ir/c1-14-13-22-23(18-8-5-4-7-17(14)18)28-16(3)29-24(22)21-10-6-9-19-20-12-11-15(2)27-26(20)30-25(19)21;1-7-14(5,8-2)12(16)11-13(17)15(6,9-3)10-4;/h4-9,11-13H,1-3H3;11,16H,7-10H2,1-6H3;/q-1;;/b;12-11-;. The van der Waals surface area contributed by atoms with Crippen molar-refractivity contribution in [2.45, 2.75) is 88.0 Å². The van der Waals surface area contributed by atoms with Crippen LogP contribution in [0.25, 0.3) is 55.0 Å². The zero-order valence-corrected chi connectivity index (χ0v) is 31.9. The van der Waals surface area contributed by atoms with Gasteiger partial charge in [0.1, 0.15) is 11.6 Å². The van der Waals surface area contributed by atoms with Crippen LogP contribution in [0.4, 0.5) is 0 Å². The summed E-state index contributed by atoms with van der Waals surface area (Å²) in [6.45, 7) is 18.1. The smallest absolute Gasteiger partial charge is 0.216 e. The summed E-state index contributed by atoms with van der Waals surface area (Å²) >= 11 is 0. The number of ketones is 1. The Kier molecular flexibility index (Phi) is 11.3.